The van der Waals surface area contributed by atoms with E-state index in [2.05, 4.69) is 95.9 Å². The number of likely N-dealkylation sites (N-methyl/N-ethyl adjacent to an activating group) is 1. The maximum atomic E-state index is 5.68. The molecule has 30 heavy (non-hydrogen) atoms. The first-order chi connectivity index (χ1) is 14.4. The first kappa shape index (κ1) is 20.4. The molecule has 156 valence electrons. The molecule has 1 aliphatic rings. The summed E-state index contributed by atoms with van der Waals surface area (Å²) < 4.78 is 2.33. The fraction of sp³-hybridized carbons (Fsp3) is 0.333. The lowest BCUT2D eigenvalue weighted by molar-refractivity contribution is 0.329. The molecule has 1 N–H and O–H groups in total. The van der Waals surface area contributed by atoms with E-state index < -0.39 is 0 Å². The van der Waals surface area contributed by atoms with Crippen LogP contribution in [0.3, 0.4) is 0 Å². The zero-order chi connectivity index (χ0) is 21.4. The standard InChI is InChI=1S/C24H29N5S/c1-6-28-23(22(26-24(28)30)21-9-7-8-14-25-21)20-15-16(2)29(17(20)3)19-12-10-18(11-13-19)27(4)5/h7-15,22-23H,6H2,1-5H3,(H,26,30)/t22-,23+/m0/s1. The number of pyridine rings is 1. The van der Waals surface area contributed by atoms with Crippen LogP contribution in [-0.2, 0) is 0 Å². The van der Waals surface area contributed by atoms with Crippen LogP contribution in [0.2, 0.25) is 0 Å². The van der Waals surface area contributed by atoms with Crippen LogP contribution in [0.5, 0.6) is 0 Å². The zero-order valence-electron chi connectivity index (χ0n) is 18.3. The molecule has 2 atom stereocenters. The number of aromatic nitrogens is 2. The predicted octanol–water partition coefficient (Wildman–Crippen LogP) is 4.55. The monoisotopic (exact) mass is 419 g/mol. The molecule has 3 heterocycles. The minimum absolute atomic E-state index is 0.0312. The van der Waals surface area contributed by atoms with E-state index in [1.807, 2.05) is 18.3 Å². The van der Waals surface area contributed by atoms with Gasteiger partial charge in [-0.05, 0) is 81.0 Å². The molecular weight excluding hydrogens is 390 g/mol. The Hall–Kier alpha value is -2.86. The van der Waals surface area contributed by atoms with Crippen molar-refractivity contribution in [2.24, 2.45) is 0 Å². The molecule has 6 heteroatoms. The zero-order valence-corrected chi connectivity index (χ0v) is 19.1. The lowest BCUT2D eigenvalue weighted by Gasteiger charge is -2.27. The van der Waals surface area contributed by atoms with Crippen LogP contribution in [0, 0.1) is 13.8 Å². The number of anilines is 1. The van der Waals surface area contributed by atoms with Gasteiger partial charge in [0.25, 0.3) is 0 Å². The highest BCUT2D eigenvalue weighted by molar-refractivity contribution is 7.80. The molecule has 0 saturated carbocycles. The van der Waals surface area contributed by atoms with Gasteiger partial charge in [-0.15, -0.1) is 0 Å². The Labute approximate surface area is 184 Å². The van der Waals surface area contributed by atoms with E-state index in [1.165, 1.54) is 28.3 Å². The Morgan fingerprint density at radius 2 is 1.83 bits per heavy atom. The van der Waals surface area contributed by atoms with Crippen LogP contribution in [0.1, 0.15) is 41.7 Å². The number of nitrogens with zero attached hydrogens (tertiary/aromatic N) is 4. The van der Waals surface area contributed by atoms with Gasteiger partial charge in [-0.3, -0.25) is 4.98 Å². The Bertz CT molecular complexity index is 1040. The average Bonchev–Trinajstić information content (AvgIpc) is 3.23. The number of aryl methyl sites for hydroxylation is 1. The first-order valence-corrected chi connectivity index (χ1v) is 10.8. The number of hydrogen-bond donors (Lipinski definition) is 1. The van der Waals surface area contributed by atoms with Crippen molar-refractivity contribution < 1.29 is 0 Å². The van der Waals surface area contributed by atoms with Gasteiger partial charge in [0.05, 0.1) is 17.8 Å². The molecule has 1 fully saturated rings. The van der Waals surface area contributed by atoms with Crippen LogP contribution in [0.15, 0.2) is 54.7 Å². The summed E-state index contributed by atoms with van der Waals surface area (Å²) in [5.41, 5.74) is 7.12. The van der Waals surface area contributed by atoms with Gasteiger partial charge in [-0.2, -0.15) is 0 Å². The molecule has 1 aliphatic heterocycles. The van der Waals surface area contributed by atoms with E-state index in [-0.39, 0.29) is 12.1 Å². The minimum Gasteiger partial charge on any atom is -0.378 e. The molecule has 1 saturated heterocycles. The molecule has 0 radical (unpaired) electrons. The van der Waals surface area contributed by atoms with Gasteiger partial charge < -0.3 is 19.7 Å². The molecule has 4 rings (SSSR count). The van der Waals surface area contributed by atoms with Gasteiger partial charge in [0.1, 0.15) is 0 Å². The van der Waals surface area contributed by atoms with E-state index in [0.717, 1.165) is 17.4 Å². The van der Waals surface area contributed by atoms with E-state index in [0.29, 0.717) is 0 Å². The maximum absolute atomic E-state index is 5.68. The quantitative estimate of drug-likeness (QED) is 0.614. The van der Waals surface area contributed by atoms with Gasteiger partial charge in [0.15, 0.2) is 5.11 Å². The Balaban J connectivity index is 1.79. The number of nitrogens with one attached hydrogen (secondary N) is 1. The second-order valence-corrected chi connectivity index (χ2v) is 8.37. The summed E-state index contributed by atoms with van der Waals surface area (Å²) >= 11 is 5.68. The topological polar surface area (TPSA) is 36.3 Å². The largest absolute Gasteiger partial charge is 0.378 e. The van der Waals surface area contributed by atoms with Crippen molar-refractivity contribution in [1.29, 1.82) is 0 Å². The third-order valence-electron chi connectivity index (χ3n) is 5.95. The lowest BCUT2D eigenvalue weighted by Crippen LogP contribution is -2.29. The fourth-order valence-electron chi connectivity index (χ4n) is 4.47. The molecule has 5 nitrogen and oxygen atoms in total. The van der Waals surface area contributed by atoms with Crippen LogP contribution in [0.4, 0.5) is 5.69 Å². The first-order valence-electron chi connectivity index (χ1n) is 10.4. The normalized spacial score (nSPS) is 18.6. The summed E-state index contributed by atoms with van der Waals surface area (Å²) in [6.45, 7) is 7.37. The second-order valence-electron chi connectivity index (χ2n) is 7.99. The minimum atomic E-state index is 0.0312. The highest BCUT2D eigenvalue weighted by Crippen LogP contribution is 2.41. The van der Waals surface area contributed by atoms with Crippen molar-refractivity contribution in [3.8, 4) is 5.69 Å². The summed E-state index contributed by atoms with van der Waals surface area (Å²) in [6.07, 6.45) is 1.85. The molecule has 0 aliphatic carbocycles. The summed E-state index contributed by atoms with van der Waals surface area (Å²) in [7, 11) is 4.12. The fourth-order valence-corrected chi connectivity index (χ4v) is 4.84. The Morgan fingerprint density at radius 1 is 1.10 bits per heavy atom. The molecule has 2 aromatic heterocycles. The van der Waals surface area contributed by atoms with Gasteiger partial charge in [0.2, 0.25) is 0 Å². The van der Waals surface area contributed by atoms with E-state index in [1.54, 1.807) is 0 Å². The highest BCUT2D eigenvalue weighted by Gasteiger charge is 2.40. The molecule has 0 amide bonds. The van der Waals surface area contributed by atoms with Gasteiger partial charge in [-0.25, -0.2) is 0 Å². The van der Waals surface area contributed by atoms with Crippen molar-refractivity contribution in [2.75, 3.05) is 25.5 Å². The molecule has 0 unspecified atom stereocenters. The summed E-state index contributed by atoms with van der Waals surface area (Å²) in [4.78, 5) is 9.01. The third kappa shape index (κ3) is 3.45. The van der Waals surface area contributed by atoms with Crippen molar-refractivity contribution >= 4 is 23.0 Å². The Morgan fingerprint density at radius 3 is 2.43 bits per heavy atom. The second kappa shape index (κ2) is 8.11. The third-order valence-corrected chi connectivity index (χ3v) is 6.30. The van der Waals surface area contributed by atoms with Crippen LogP contribution >= 0.6 is 12.2 Å². The number of thiocarbonyl (C=S) groups is 1. The van der Waals surface area contributed by atoms with Crippen molar-refractivity contribution in [3.05, 3.63) is 77.4 Å². The molecule has 3 aromatic rings. The predicted molar refractivity (Wildman–Crippen MR) is 127 cm³/mol. The summed E-state index contributed by atoms with van der Waals surface area (Å²) in [6, 6.07) is 17.2. The molecule has 1 aromatic carbocycles. The number of benzene rings is 1. The smallest absolute Gasteiger partial charge is 0.170 e. The molecule has 0 spiro atoms. The summed E-state index contributed by atoms with van der Waals surface area (Å²) in [5, 5.41) is 4.31. The van der Waals surface area contributed by atoms with Gasteiger partial charge >= 0.3 is 0 Å². The van der Waals surface area contributed by atoms with E-state index >= 15 is 0 Å². The average molecular weight is 420 g/mol. The SMILES string of the molecule is CCN1C(=S)N[C@@H](c2ccccn2)[C@H]1c1cc(C)n(-c2ccc(N(C)C)cc2)c1C. The number of rotatable bonds is 5. The highest BCUT2D eigenvalue weighted by atomic mass is 32.1. The van der Waals surface area contributed by atoms with Crippen molar-refractivity contribution in [3.63, 3.8) is 0 Å². The summed E-state index contributed by atoms with van der Waals surface area (Å²) in [5.74, 6) is 0. The Kier molecular flexibility index (Phi) is 5.52. The van der Waals surface area contributed by atoms with Crippen molar-refractivity contribution in [1.82, 2.24) is 19.8 Å². The lowest BCUT2D eigenvalue weighted by atomic mass is 9.97. The van der Waals surface area contributed by atoms with E-state index in [9.17, 15) is 0 Å². The van der Waals surface area contributed by atoms with Crippen LogP contribution in [0.25, 0.3) is 5.69 Å². The van der Waals surface area contributed by atoms with E-state index in [4.69, 9.17) is 12.2 Å². The maximum Gasteiger partial charge on any atom is 0.170 e. The van der Waals surface area contributed by atoms with Crippen LogP contribution < -0.4 is 10.2 Å². The number of hydrogen-bond acceptors (Lipinski definition) is 3. The van der Waals surface area contributed by atoms with Gasteiger partial charge in [0, 0.05) is 49.6 Å². The van der Waals surface area contributed by atoms with Gasteiger partial charge in [-0.1, -0.05) is 6.07 Å². The molecular formula is C24H29N5S. The van der Waals surface area contributed by atoms with Crippen LogP contribution in [-0.4, -0.2) is 40.2 Å². The van der Waals surface area contributed by atoms with Crippen molar-refractivity contribution in [2.45, 2.75) is 32.9 Å². The molecule has 0 bridgehead atoms.